The van der Waals surface area contributed by atoms with Gasteiger partial charge in [0, 0.05) is 23.2 Å². The van der Waals surface area contributed by atoms with Gasteiger partial charge in [-0.1, -0.05) is 51.1 Å². The predicted molar refractivity (Wildman–Crippen MR) is 148 cm³/mol. The first kappa shape index (κ1) is 25.5. The van der Waals surface area contributed by atoms with Crippen LogP contribution in [0.1, 0.15) is 56.2 Å². The molecule has 188 valence electrons. The molecule has 0 saturated heterocycles. The third-order valence-corrected chi connectivity index (χ3v) is 6.30. The van der Waals surface area contributed by atoms with Crippen molar-refractivity contribution < 1.29 is 14.6 Å². The molecule has 0 aliphatic carbocycles. The number of nitrogens with zero attached hydrogens (tertiary/aromatic N) is 2. The number of fused-ring (bicyclic) bond motifs is 1. The molecule has 0 bridgehead atoms. The van der Waals surface area contributed by atoms with Crippen LogP contribution in [-0.4, -0.2) is 40.7 Å². The van der Waals surface area contributed by atoms with Crippen LogP contribution in [0.2, 0.25) is 0 Å². The summed E-state index contributed by atoms with van der Waals surface area (Å²) in [5.41, 5.74) is 6.31. The highest BCUT2D eigenvalue weighted by Gasteiger charge is 2.24. The van der Waals surface area contributed by atoms with E-state index in [1.54, 1.807) is 0 Å². The number of ether oxygens (including phenoxy) is 1. The van der Waals surface area contributed by atoms with Gasteiger partial charge < -0.3 is 19.3 Å². The molecule has 0 radical (unpaired) electrons. The molecule has 1 N–H and O–H groups in total. The van der Waals surface area contributed by atoms with E-state index in [9.17, 15) is 9.90 Å². The number of carbonyl (C=O) groups is 1. The van der Waals surface area contributed by atoms with E-state index < -0.39 is 5.97 Å². The zero-order valence-corrected chi connectivity index (χ0v) is 22.3. The van der Waals surface area contributed by atoms with E-state index in [4.69, 9.17) is 4.74 Å². The summed E-state index contributed by atoms with van der Waals surface area (Å²) in [7, 11) is 3.92. The van der Waals surface area contributed by atoms with Gasteiger partial charge in [-0.15, -0.1) is 0 Å². The largest absolute Gasteiger partial charge is 0.491 e. The topological polar surface area (TPSA) is 54.7 Å². The lowest BCUT2D eigenvalue weighted by atomic mass is 9.86. The highest BCUT2D eigenvalue weighted by molar-refractivity contribution is 6.01. The molecular weight excluding hydrogens is 448 g/mol. The van der Waals surface area contributed by atoms with Gasteiger partial charge in [-0.2, -0.15) is 0 Å². The number of carboxylic acid groups (broad SMARTS) is 1. The second kappa shape index (κ2) is 9.82. The zero-order chi connectivity index (χ0) is 26.2. The molecule has 0 aliphatic heterocycles. The maximum absolute atomic E-state index is 12.6. The van der Waals surface area contributed by atoms with Crippen LogP contribution in [0.4, 0.5) is 0 Å². The van der Waals surface area contributed by atoms with Crippen LogP contribution in [0.25, 0.3) is 27.7 Å². The smallest absolute Gasteiger partial charge is 0.353 e. The van der Waals surface area contributed by atoms with Crippen LogP contribution in [0.3, 0.4) is 0 Å². The highest BCUT2D eigenvalue weighted by atomic mass is 16.5. The summed E-state index contributed by atoms with van der Waals surface area (Å²) >= 11 is 0. The molecule has 36 heavy (non-hydrogen) atoms. The first-order valence-electron chi connectivity index (χ1n) is 12.4. The van der Waals surface area contributed by atoms with Crippen molar-refractivity contribution in [1.82, 2.24) is 9.47 Å². The first-order valence-corrected chi connectivity index (χ1v) is 12.4. The SMILES string of the molecule is CC(C)Oc1ccc(-n2c(C(=O)O)c(CN(C)C)c3cc(-c4ccc(C(C)(C)C)cc4)ccc32)cc1. The fourth-order valence-electron chi connectivity index (χ4n) is 4.61. The summed E-state index contributed by atoms with van der Waals surface area (Å²) in [5.74, 6) is -0.182. The van der Waals surface area contributed by atoms with Crippen LogP contribution in [-0.2, 0) is 12.0 Å². The minimum atomic E-state index is -0.943. The molecule has 0 aliphatic rings. The maximum atomic E-state index is 12.6. The van der Waals surface area contributed by atoms with Crippen LogP contribution < -0.4 is 4.74 Å². The van der Waals surface area contributed by atoms with Gasteiger partial charge in [0.05, 0.1) is 11.6 Å². The Kier molecular flexibility index (Phi) is 6.96. The van der Waals surface area contributed by atoms with Crippen LogP contribution in [0.15, 0.2) is 66.7 Å². The lowest BCUT2D eigenvalue weighted by Gasteiger charge is -2.19. The van der Waals surface area contributed by atoms with E-state index in [0.29, 0.717) is 6.54 Å². The van der Waals surface area contributed by atoms with Crippen LogP contribution in [0.5, 0.6) is 5.75 Å². The molecule has 0 fully saturated rings. The van der Waals surface area contributed by atoms with Crippen LogP contribution in [0, 0.1) is 0 Å². The lowest BCUT2D eigenvalue weighted by molar-refractivity contribution is 0.0686. The Morgan fingerprint density at radius 1 is 0.944 bits per heavy atom. The summed E-state index contributed by atoms with van der Waals surface area (Å²) in [6.07, 6.45) is 0.0698. The van der Waals surface area contributed by atoms with E-state index in [1.165, 1.54) is 5.56 Å². The van der Waals surface area contributed by atoms with Crippen molar-refractivity contribution in [3.8, 4) is 22.6 Å². The Morgan fingerprint density at radius 2 is 1.56 bits per heavy atom. The molecule has 0 spiro atoms. The zero-order valence-electron chi connectivity index (χ0n) is 22.3. The fourth-order valence-corrected chi connectivity index (χ4v) is 4.61. The lowest BCUT2D eigenvalue weighted by Crippen LogP contribution is -2.15. The number of hydrogen-bond donors (Lipinski definition) is 1. The average Bonchev–Trinajstić information content (AvgIpc) is 3.12. The Morgan fingerprint density at radius 3 is 2.08 bits per heavy atom. The minimum absolute atomic E-state index is 0.0698. The van der Waals surface area contributed by atoms with Gasteiger partial charge in [0.2, 0.25) is 0 Å². The summed E-state index contributed by atoms with van der Waals surface area (Å²) < 4.78 is 7.64. The highest BCUT2D eigenvalue weighted by Crippen LogP contribution is 2.35. The third kappa shape index (κ3) is 5.17. The van der Waals surface area contributed by atoms with Gasteiger partial charge in [-0.3, -0.25) is 0 Å². The molecule has 4 rings (SSSR count). The van der Waals surface area contributed by atoms with Gasteiger partial charge in [0.25, 0.3) is 0 Å². The van der Waals surface area contributed by atoms with Crippen molar-refractivity contribution in [3.63, 3.8) is 0 Å². The van der Waals surface area contributed by atoms with Gasteiger partial charge in [-0.25, -0.2) is 4.79 Å². The molecule has 4 aromatic rings. The molecule has 0 saturated carbocycles. The summed E-state index contributed by atoms with van der Waals surface area (Å²) in [6, 6.07) is 22.5. The van der Waals surface area contributed by atoms with E-state index in [-0.39, 0.29) is 17.2 Å². The number of rotatable bonds is 7. The monoisotopic (exact) mass is 484 g/mol. The van der Waals surface area contributed by atoms with E-state index in [2.05, 4.69) is 57.2 Å². The Balaban J connectivity index is 1.90. The molecular formula is C31H36N2O3. The minimum Gasteiger partial charge on any atom is -0.491 e. The number of aromatic nitrogens is 1. The summed E-state index contributed by atoms with van der Waals surface area (Å²) in [6.45, 7) is 11.1. The van der Waals surface area contributed by atoms with E-state index >= 15 is 0 Å². The average molecular weight is 485 g/mol. The fraction of sp³-hybridized carbons (Fsp3) is 0.323. The van der Waals surface area contributed by atoms with Crippen molar-refractivity contribution in [3.05, 3.63) is 83.6 Å². The first-order chi connectivity index (χ1) is 17.0. The van der Waals surface area contributed by atoms with Gasteiger partial charge in [0.1, 0.15) is 11.4 Å². The Bertz CT molecular complexity index is 1370. The van der Waals surface area contributed by atoms with Crippen molar-refractivity contribution in [2.24, 2.45) is 0 Å². The number of hydrogen-bond acceptors (Lipinski definition) is 3. The van der Waals surface area contributed by atoms with E-state index in [0.717, 1.165) is 39.0 Å². The van der Waals surface area contributed by atoms with Gasteiger partial charge in [-0.05, 0) is 86.4 Å². The molecule has 5 nitrogen and oxygen atoms in total. The number of benzene rings is 3. The van der Waals surface area contributed by atoms with Crippen molar-refractivity contribution >= 4 is 16.9 Å². The molecule has 0 unspecified atom stereocenters. The second-order valence-corrected chi connectivity index (χ2v) is 10.9. The van der Waals surface area contributed by atoms with Crippen molar-refractivity contribution in [2.75, 3.05) is 14.1 Å². The molecule has 5 heteroatoms. The normalized spacial score (nSPS) is 12.0. The third-order valence-electron chi connectivity index (χ3n) is 6.30. The summed E-state index contributed by atoms with van der Waals surface area (Å²) in [5, 5.41) is 11.3. The van der Waals surface area contributed by atoms with Crippen molar-refractivity contribution in [1.29, 1.82) is 0 Å². The number of aromatic carboxylic acids is 1. The Labute approximate surface area is 213 Å². The molecule has 0 atom stereocenters. The predicted octanol–water partition coefficient (Wildman–Crippen LogP) is 7.14. The van der Waals surface area contributed by atoms with Gasteiger partial charge >= 0.3 is 5.97 Å². The maximum Gasteiger partial charge on any atom is 0.353 e. The second-order valence-electron chi connectivity index (χ2n) is 10.9. The van der Waals surface area contributed by atoms with Crippen LogP contribution >= 0.6 is 0 Å². The quantitative estimate of drug-likeness (QED) is 0.303. The van der Waals surface area contributed by atoms with Crippen molar-refractivity contribution in [2.45, 2.75) is 52.7 Å². The molecule has 3 aromatic carbocycles. The van der Waals surface area contributed by atoms with E-state index in [1.807, 2.05) is 67.7 Å². The molecule has 0 amide bonds. The standard InChI is InChI=1S/C31H36N2O3/c1-20(2)36-25-15-13-24(14-16-25)33-28-17-10-22(21-8-11-23(12-9-21)31(3,4)5)18-26(28)27(19-32(6)7)29(33)30(34)35/h8-18,20H,19H2,1-7H3,(H,34,35). The molecule has 1 aromatic heterocycles. The molecule has 1 heterocycles. The number of carboxylic acids is 1. The van der Waals surface area contributed by atoms with Gasteiger partial charge in [0.15, 0.2) is 0 Å². The summed E-state index contributed by atoms with van der Waals surface area (Å²) in [4.78, 5) is 14.6. The Hall–Kier alpha value is -3.57.